The Kier molecular flexibility index (Phi) is 4.70. The first kappa shape index (κ1) is 15.3. The highest BCUT2D eigenvalue weighted by atomic mass is 35.5. The minimum Gasteiger partial charge on any atom is -0.495 e. The van der Waals surface area contributed by atoms with Gasteiger partial charge in [-0.15, -0.1) is 0 Å². The van der Waals surface area contributed by atoms with Crippen molar-refractivity contribution in [1.82, 2.24) is 4.90 Å². The van der Waals surface area contributed by atoms with Crippen molar-refractivity contribution >= 4 is 28.3 Å². The van der Waals surface area contributed by atoms with Gasteiger partial charge in [-0.3, -0.25) is 9.00 Å². The molecule has 6 heteroatoms. The smallest absolute Gasteiger partial charge is 0.254 e. The molecule has 1 aromatic rings. The van der Waals surface area contributed by atoms with Gasteiger partial charge in [-0.25, -0.2) is 0 Å². The van der Waals surface area contributed by atoms with Gasteiger partial charge < -0.3 is 9.64 Å². The summed E-state index contributed by atoms with van der Waals surface area (Å²) < 4.78 is 16.9. The van der Waals surface area contributed by atoms with Crippen molar-refractivity contribution in [3.8, 4) is 5.75 Å². The minimum atomic E-state index is -0.858. The molecule has 1 aliphatic rings. The number of rotatable bonds is 2. The van der Waals surface area contributed by atoms with Gasteiger partial charge in [0.2, 0.25) is 0 Å². The zero-order chi connectivity index (χ0) is 14.9. The van der Waals surface area contributed by atoms with E-state index in [4.69, 9.17) is 16.3 Å². The maximum Gasteiger partial charge on any atom is 0.254 e. The number of methoxy groups -OCH3 is 1. The predicted molar refractivity (Wildman–Crippen MR) is 81.0 cm³/mol. The Morgan fingerprint density at radius 1 is 1.45 bits per heavy atom. The van der Waals surface area contributed by atoms with E-state index >= 15 is 0 Å². The van der Waals surface area contributed by atoms with Gasteiger partial charge in [0.05, 0.1) is 17.4 Å². The third kappa shape index (κ3) is 2.83. The number of benzene rings is 1. The Morgan fingerprint density at radius 2 is 2.15 bits per heavy atom. The second-order valence-corrected chi connectivity index (χ2v) is 7.20. The number of hydrogen-bond donors (Lipinski definition) is 0. The molecule has 1 aliphatic heterocycles. The van der Waals surface area contributed by atoms with Crippen LogP contribution in [0.15, 0.2) is 18.2 Å². The average molecular weight is 316 g/mol. The molecule has 1 heterocycles. The normalized spacial score (nSPS) is 26.4. The first-order valence-corrected chi connectivity index (χ1v) is 8.23. The van der Waals surface area contributed by atoms with Crippen LogP contribution in [0.25, 0.3) is 0 Å². The summed E-state index contributed by atoms with van der Waals surface area (Å²) in [7, 11) is 0.660. The number of carbonyl (C=O) groups excluding carboxylic acids is 1. The van der Waals surface area contributed by atoms with Crippen LogP contribution in [0.5, 0.6) is 5.75 Å². The molecule has 0 aromatic heterocycles. The van der Waals surface area contributed by atoms with Crippen molar-refractivity contribution < 1.29 is 13.7 Å². The number of ether oxygens (including phenoxy) is 1. The summed E-state index contributed by atoms with van der Waals surface area (Å²) in [5.41, 5.74) is 0.540. The van der Waals surface area contributed by atoms with E-state index in [0.717, 1.165) is 0 Å². The van der Waals surface area contributed by atoms with Crippen molar-refractivity contribution in [1.29, 1.82) is 0 Å². The van der Waals surface area contributed by atoms with Crippen LogP contribution in [0.3, 0.4) is 0 Å². The molecule has 3 unspecified atom stereocenters. The first-order valence-electron chi connectivity index (χ1n) is 6.47. The Bertz CT molecular complexity index is 549. The van der Waals surface area contributed by atoms with E-state index in [1.807, 2.05) is 13.8 Å². The van der Waals surface area contributed by atoms with Crippen LogP contribution in [0.2, 0.25) is 5.02 Å². The summed E-state index contributed by atoms with van der Waals surface area (Å²) in [6.07, 6.45) is 0. The molecule has 1 saturated heterocycles. The molecular formula is C14H18ClNO3S. The van der Waals surface area contributed by atoms with Crippen LogP contribution in [0, 0.1) is 0 Å². The fourth-order valence-electron chi connectivity index (χ4n) is 2.30. The summed E-state index contributed by atoms with van der Waals surface area (Å²) in [5.74, 6) is 0.942. The summed E-state index contributed by atoms with van der Waals surface area (Å²) in [6, 6.07) is 4.95. The van der Waals surface area contributed by atoms with Crippen LogP contribution in [-0.4, -0.2) is 45.7 Å². The van der Waals surface area contributed by atoms with E-state index < -0.39 is 10.8 Å². The maximum absolute atomic E-state index is 12.6. The molecule has 1 aromatic carbocycles. The van der Waals surface area contributed by atoms with E-state index in [9.17, 15) is 9.00 Å². The molecule has 0 spiro atoms. The van der Waals surface area contributed by atoms with E-state index in [2.05, 4.69) is 0 Å². The summed E-state index contributed by atoms with van der Waals surface area (Å²) >= 11 is 5.97. The van der Waals surface area contributed by atoms with E-state index in [1.54, 1.807) is 23.1 Å². The highest BCUT2D eigenvalue weighted by molar-refractivity contribution is 7.85. The fraction of sp³-hybridized carbons (Fsp3) is 0.500. The average Bonchev–Trinajstić information content (AvgIpc) is 2.45. The third-order valence-electron chi connectivity index (χ3n) is 3.78. The minimum absolute atomic E-state index is 0.0121. The monoisotopic (exact) mass is 315 g/mol. The van der Waals surface area contributed by atoms with Gasteiger partial charge in [0.1, 0.15) is 5.75 Å². The van der Waals surface area contributed by atoms with Crippen LogP contribution in [-0.2, 0) is 10.8 Å². The van der Waals surface area contributed by atoms with Gasteiger partial charge >= 0.3 is 0 Å². The van der Waals surface area contributed by atoms with E-state index in [0.29, 0.717) is 28.6 Å². The van der Waals surface area contributed by atoms with Gasteiger partial charge in [0, 0.05) is 34.7 Å². The fourth-order valence-corrected chi connectivity index (χ4v) is 3.83. The zero-order valence-electron chi connectivity index (χ0n) is 11.8. The van der Waals surface area contributed by atoms with Gasteiger partial charge in [-0.2, -0.15) is 0 Å². The topological polar surface area (TPSA) is 46.6 Å². The number of halogens is 1. The van der Waals surface area contributed by atoms with Gasteiger partial charge in [-0.05, 0) is 32.0 Å². The second kappa shape index (κ2) is 6.14. The van der Waals surface area contributed by atoms with Crippen molar-refractivity contribution in [2.24, 2.45) is 0 Å². The first-order chi connectivity index (χ1) is 9.45. The van der Waals surface area contributed by atoms with Crippen molar-refractivity contribution in [2.75, 3.05) is 19.4 Å². The van der Waals surface area contributed by atoms with Crippen molar-refractivity contribution in [3.63, 3.8) is 0 Å². The molecule has 1 amide bonds. The summed E-state index contributed by atoms with van der Waals surface area (Å²) in [5, 5.41) is 0.465. The van der Waals surface area contributed by atoms with Crippen molar-refractivity contribution in [2.45, 2.75) is 25.1 Å². The Labute approximate surface area is 126 Å². The van der Waals surface area contributed by atoms with Crippen molar-refractivity contribution in [3.05, 3.63) is 28.8 Å². The Balaban J connectivity index is 2.25. The quantitative estimate of drug-likeness (QED) is 0.841. The summed E-state index contributed by atoms with van der Waals surface area (Å²) in [6.45, 7) is 4.37. The molecule has 0 aliphatic carbocycles. The largest absolute Gasteiger partial charge is 0.495 e. The SMILES string of the molecule is COc1cc(C(=O)N2CCS(=O)C(C)C2C)ccc1Cl. The molecule has 110 valence electrons. The predicted octanol–water partition coefficient (Wildman–Crippen LogP) is 2.33. The standard InChI is InChI=1S/C14H18ClNO3S/c1-9-10(2)20(18)7-6-16(9)14(17)11-4-5-12(15)13(8-11)19-3/h4-5,8-10H,6-7H2,1-3H3. The lowest BCUT2D eigenvalue weighted by Gasteiger charge is -2.37. The van der Waals surface area contributed by atoms with Gasteiger partial charge in [-0.1, -0.05) is 11.6 Å². The number of amides is 1. The summed E-state index contributed by atoms with van der Waals surface area (Å²) in [4.78, 5) is 14.3. The highest BCUT2D eigenvalue weighted by Gasteiger charge is 2.33. The lowest BCUT2D eigenvalue weighted by molar-refractivity contribution is 0.0695. The molecule has 0 saturated carbocycles. The number of hydrogen-bond acceptors (Lipinski definition) is 3. The molecule has 20 heavy (non-hydrogen) atoms. The maximum atomic E-state index is 12.6. The molecule has 0 radical (unpaired) electrons. The molecule has 0 bridgehead atoms. The molecular weight excluding hydrogens is 298 g/mol. The third-order valence-corrected chi connectivity index (χ3v) is 5.90. The van der Waals surface area contributed by atoms with Crippen LogP contribution in [0.4, 0.5) is 0 Å². The Morgan fingerprint density at radius 3 is 2.80 bits per heavy atom. The highest BCUT2D eigenvalue weighted by Crippen LogP contribution is 2.27. The lowest BCUT2D eigenvalue weighted by Crippen LogP contribution is -2.52. The second-order valence-electron chi connectivity index (χ2n) is 4.88. The zero-order valence-corrected chi connectivity index (χ0v) is 13.3. The van der Waals surface area contributed by atoms with Gasteiger partial charge in [0.25, 0.3) is 5.91 Å². The van der Waals surface area contributed by atoms with Crippen LogP contribution < -0.4 is 4.74 Å². The van der Waals surface area contributed by atoms with E-state index in [1.165, 1.54) is 7.11 Å². The molecule has 3 atom stereocenters. The van der Waals surface area contributed by atoms with Crippen LogP contribution in [0.1, 0.15) is 24.2 Å². The molecule has 1 fully saturated rings. The lowest BCUT2D eigenvalue weighted by atomic mass is 10.1. The van der Waals surface area contributed by atoms with E-state index in [-0.39, 0.29) is 17.2 Å². The van der Waals surface area contributed by atoms with Gasteiger partial charge in [0.15, 0.2) is 0 Å². The number of carbonyl (C=O) groups is 1. The number of nitrogens with zero attached hydrogens (tertiary/aromatic N) is 1. The Hall–Kier alpha value is -1.07. The molecule has 4 nitrogen and oxygen atoms in total. The molecule has 2 rings (SSSR count). The van der Waals surface area contributed by atoms with Crippen LogP contribution >= 0.6 is 11.6 Å². The molecule has 0 N–H and O–H groups in total.